The Morgan fingerprint density at radius 1 is 1.07 bits per heavy atom. The second-order valence-corrected chi connectivity index (χ2v) is 13.6. The van der Waals surface area contributed by atoms with Gasteiger partial charge in [0.2, 0.25) is 11.7 Å². The number of nitrogens with one attached hydrogen (secondary N) is 6. The van der Waals surface area contributed by atoms with Crippen LogP contribution in [-0.4, -0.2) is 108 Å². The predicted molar refractivity (Wildman–Crippen MR) is 160 cm³/mol. The van der Waals surface area contributed by atoms with Crippen LogP contribution in [0, 0.1) is 16.7 Å². The summed E-state index contributed by atoms with van der Waals surface area (Å²) in [5.41, 5.74) is -0.971. The molecule has 0 aromatic rings. The Balaban J connectivity index is 3.02. The highest BCUT2D eigenvalue weighted by molar-refractivity contribution is 7.82. The van der Waals surface area contributed by atoms with Crippen LogP contribution in [0.15, 0.2) is 12.7 Å². The number of likely N-dealkylation sites (tertiary alicyclic amines) is 1. The van der Waals surface area contributed by atoms with E-state index in [1.807, 2.05) is 41.5 Å². The van der Waals surface area contributed by atoms with Crippen LogP contribution in [0.5, 0.6) is 0 Å². The Labute approximate surface area is 247 Å². The molecule has 0 spiro atoms. The van der Waals surface area contributed by atoms with Gasteiger partial charge in [0.25, 0.3) is 5.91 Å². The number of ketones is 1. The molecule has 0 aromatic carbocycles. The molecule has 41 heavy (non-hydrogen) atoms. The number of amides is 4. The van der Waals surface area contributed by atoms with Crippen molar-refractivity contribution < 1.29 is 28.5 Å². The second-order valence-electron chi connectivity index (χ2n) is 12.4. The average Bonchev–Trinajstić information content (AvgIpc) is 3.31. The van der Waals surface area contributed by atoms with E-state index in [9.17, 15) is 28.5 Å². The number of Topliss-reactive ketones (excluding diaryl/α,β-unsaturated/α-hetero) is 1. The molecular formula is C27H51N7O6S. The number of hydrogen-bond donors (Lipinski definition) is 7. The van der Waals surface area contributed by atoms with E-state index in [1.165, 1.54) is 11.9 Å². The molecule has 13 nitrogen and oxygen atoms in total. The lowest BCUT2D eigenvalue weighted by molar-refractivity contribution is -0.140. The predicted octanol–water partition coefficient (Wildman–Crippen LogP) is -0.786. The standard InChI is InChI=1S/C27H51N7O6S/c1-10-17-11-14-34(20(17)23(37)30-15-18(35)22(36)28-8)24(38)21(27(5,6)7)33-25(39)32-19(26(2,3)4)16-29-12-13-31-41(9)40/h10,17,19-21,23,29-31,37H,1,11-16H2,2-9H3,(H,28,36)(H2,32,33,39)/t17-,19+,20-,21+,23?,41?/m0/s1. The van der Waals surface area contributed by atoms with Gasteiger partial charge in [0.1, 0.15) is 12.3 Å². The van der Waals surface area contributed by atoms with Gasteiger partial charge in [-0.1, -0.05) is 47.6 Å². The summed E-state index contributed by atoms with van der Waals surface area (Å²) in [5.74, 6) is -2.17. The Bertz CT molecular complexity index is 949. The quantitative estimate of drug-likeness (QED) is 0.0552. The molecule has 0 aromatic heterocycles. The third kappa shape index (κ3) is 11.8. The summed E-state index contributed by atoms with van der Waals surface area (Å²) in [6.07, 6.45) is 2.46. The first-order chi connectivity index (χ1) is 18.9. The van der Waals surface area contributed by atoms with E-state index in [2.05, 4.69) is 37.9 Å². The van der Waals surface area contributed by atoms with Crippen LogP contribution in [0.2, 0.25) is 0 Å². The monoisotopic (exact) mass is 601 g/mol. The minimum atomic E-state index is -1.30. The number of likely N-dealkylation sites (N-methyl/N-ethyl adjacent to an activating group) is 1. The smallest absolute Gasteiger partial charge is 0.315 e. The highest BCUT2D eigenvalue weighted by Gasteiger charge is 2.45. The van der Waals surface area contributed by atoms with Crippen molar-refractivity contribution in [2.45, 2.75) is 72.3 Å². The highest BCUT2D eigenvalue weighted by atomic mass is 32.2. The molecule has 1 fully saturated rings. The van der Waals surface area contributed by atoms with Gasteiger partial charge in [0.05, 0.1) is 23.6 Å². The maximum absolute atomic E-state index is 13.9. The van der Waals surface area contributed by atoms with E-state index >= 15 is 0 Å². The Hall–Kier alpha value is -2.39. The first kappa shape index (κ1) is 36.6. The molecule has 6 atom stereocenters. The number of carbonyl (C=O) groups is 4. The summed E-state index contributed by atoms with van der Waals surface area (Å²) in [6, 6.07) is -2.45. The first-order valence-corrected chi connectivity index (χ1v) is 15.4. The van der Waals surface area contributed by atoms with Gasteiger partial charge in [0.15, 0.2) is 0 Å². The number of carbonyl (C=O) groups excluding carboxylic acids is 4. The van der Waals surface area contributed by atoms with Crippen LogP contribution >= 0.6 is 0 Å². The lowest BCUT2D eigenvalue weighted by Gasteiger charge is -2.39. The van der Waals surface area contributed by atoms with Crippen LogP contribution < -0.4 is 31.3 Å². The molecule has 0 saturated carbocycles. The van der Waals surface area contributed by atoms with E-state index < -0.39 is 59.0 Å². The third-order valence-electron chi connectivity index (χ3n) is 7.06. The molecule has 236 valence electrons. The Morgan fingerprint density at radius 3 is 2.22 bits per heavy atom. The minimum Gasteiger partial charge on any atom is -0.376 e. The largest absolute Gasteiger partial charge is 0.376 e. The summed E-state index contributed by atoms with van der Waals surface area (Å²) < 4.78 is 14.0. The van der Waals surface area contributed by atoms with E-state index in [0.29, 0.717) is 32.6 Å². The summed E-state index contributed by atoms with van der Waals surface area (Å²) in [5, 5.41) is 24.9. The zero-order chi connectivity index (χ0) is 31.5. The number of rotatable bonds is 15. The van der Waals surface area contributed by atoms with E-state index in [4.69, 9.17) is 0 Å². The first-order valence-electron chi connectivity index (χ1n) is 13.9. The molecule has 1 aliphatic rings. The van der Waals surface area contributed by atoms with Crippen LogP contribution in [0.1, 0.15) is 48.0 Å². The van der Waals surface area contributed by atoms with E-state index in [-0.39, 0.29) is 23.3 Å². The summed E-state index contributed by atoms with van der Waals surface area (Å²) >= 11 is 0. The molecule has 2 unspecified atom stereocenters. The number of aliphatic hydroxyl groups is 1. The maximum atomic E-state index is 13.9. The molecule has 0 aliphatic carbocycles. The van der Waals surface area contributed by atoms with Gasteiger partial charge in [-0.2, -0.15) is 0 Å². The Kier molecular flexibility index (Phi) is 14.6. The van der Waals surface area contributed by atoms with Crippen LogP contribution in [0.4, 0.5) is 4.79 Å². The molecule has 1 aliphatic heterocycles. The SMILES string of the molecule is C=C[C@H]1CCN(C(=O)[C@@H](NC(=O)N[C@H](CNCCNS(C)=O)C(C)(C)C)C(C)(C)C)[C@@H]1C(O)NCC(=O)C(=O)NC. The number of hydrogen-bond acceptors (Lipinski definition) is 8. The van der Waals surface area contributed by atoms with Gasteiger partial charge in [-0.05, 0) is 17.3 Å². The molecule has 1 saturated heterocycles. The minimum absolute atomic E-state index is 0.262. The van der Waals surface area contributed by atoms with Crippen molar-refractivity contribution in [2.75, 3.05) is 46.0 Å². The van der Waals surface area contributed by atoms with Crippen LogP contribution in [-0.2, 0) is 25.4 Å². The molecule has 0 bridgehead atoms. The van der Waals surface area contributed by atoms with Gasteiger partial charge >= 0.3 is 6.03 Å². The van der Waals surface area contributed by atoms with Crippen LogP contribution in [0.25, 0.3) is 0 Å². The van der Waals surface area contributed by atoms with Crippen molar-refractivity contribution in [1.29, 1.82) is 0 Å². The fourth-order valence-electron chi connectivity index (χ4n) is 4.54. The van der Waals surface area contributed by atoms with E-state index in [0.717, 1.165) is 0 Å². The van der Waals surface area contributed by atoms with Crippen molar-refractivity contribution in [2.24, 2.45) is 16.7 Å². The summed E-state index contributed by atoms with van der Waals surface area (Å²) in [7, 11) is 0.237. The highest BCUT2D eigenvalue weighted by Crippen LogP contribution is 2.31. The summed E-state index contributed by atoms with van der Waals surface area (Å²) in [4.78, 5) is 52.2. The number of urea groups is 1. The third-order valence-corrected chi connectivity index (χ3v) is 7.67. The summed E-state index contributed by atoms with van der Waals surface area (Å²) in [6.45, 7) is 16.8. The molecule has 1 rings (SSSR count). The van der Waals surface area contributed by atoms with Crippen molar-refractivity contribution in [1.82, 2.24) is 36.2 Å². The van der Waals surface area contributed by atoms with Gasteiger partial charge in [-0.25, -0.2) is 13.7 Å². The van der Waals surface area contributed by atoms with Crippen LogP contribution in [0.3, 0.4) is 0 Å². The molecule has 0 radical (unpaired) electrons. The second kappa shape index (κ2) is 16.3. The molecule has 1 heterocycles. The topological polar surface area (TPSA) is 181 Å². The van der Waals surface area contributed by atoms with Gasteiger partial charge in [-0.15, -0.1) is 6.58 Å². The Morgan fingerprint density at radius 2 is 1.71 bits per heavy atom. The number of aliphatic hydroxyl groups excluding tert-OH is 1. The van der Waals surface area contributed by atoms with E-state index in [1.54, 1.807) is 12.3 Å². The lowest BCUT2D eigenvalue weighted by atomic mass is 9.85. The lowest BCUT2D eigenvalue weighted by Crippen LogP contribution is -2.62. The molecule has 14 heteroatoms. The maximum Gasteiger partial charge on any atom is 0.315 e. The zero-order valence-electron chi connectivity index (χ0n) is 25.8. The van der Waals surface area contributed by atoms with Crippen molar-refractivity contribution in [3.63, 3.8) is 0 Å². The fourth-order valence-corrected chi connectivity index (χ4v) is 4.93. The number of nitrogens with zero attached hydrogens (tertiary/aromatic N) is 1. The van der Waals surface area contributed by atoms with Gasteiger partial charge in [-0.3, -0.25) is 19.7 Å². The fraction of sp³-hybridized carbons (Fsp3) is 0.778. The van der Waals surface area contributed by atoms with Gasteiger partial charge in [0, 0.05) is 51.4 Å². The molecule has 4 amide bonds. The molecular weight excluding hydrogens is 550 g/mol. The zero-order valence-corrected chi connectivity index (χ0v) is 26.6. The normalized spacial score (nSPS) is 20.5. The molecule has 7 N–H and O–H groups in total. The van der Waals surface area contributed by atoms with Crippen molar-refractivity contribution >= 4 is 34.6 Å². The van der Waals surface area contributed by atoms with Crippen molar-refractivity contribution in [3.8, 4) is 0 Å². The van der Waals surface area contributed by atoms with Gasteiger partial charge < -0.3 is 31.3 Å². The van der Waals surface area contributed by atoms with Crippen molar-refractivity contribution in [3.05, 3.63) is 12.7 Å². The average molecular weight is 602 g/mol.